The van der Waals surface area contributed by atoms with E-state index in [0.29, 0.717) is 0 Å². The van der Waals surface area contributed by atoms with Crippen molar-refractivity contribution >= 4 is 5.96 Å². The van der Waals surface area contributed by atoms with Crippen LogP contribution in [0.5, 0.6) is 0 Å². The first-order valence-electron chi connectivity index (χ1n) is 7.02. The molecule has 1 aromatic rings. The topological polar surface area (TPSA) is 61.8 Å². The second kappa shape index (κ2) is 8.50. The summed E-state index contributed by atoms with van der Waals surface area (Å²) in [5, 5.41) is 6.60. The van der Waals surface area contributed by atoms with Crippen LogP contribution in [-0.4, -0.2) is 62.3 Å². The molecule has 0 spiro atoms. The third kappa shape index (κ3) is 5.14. The van der Waals surface area contributed by atoms with E-state index < -0.39 is 0 Å². The molecule has 1 aliphatic heterocycles. The number of nitrogens with zero attached hydrogens (tertiary/aromatic N) is 3. The lowest BCUT2D eigenvalue weighted by atomic mass is 10.3. The van der Waals surface area contributed by atoms with Crippen LogP contribution in [0.2, 0.25) is 0 Å². The highest BCUT2D eigenvalue weighted by Crippen LogP contribution is 1.95. The largest absolute Gasteiger partial charge is 0.379 e. The monoisotopic (exact) mass is 277 g/mol. The Morgan fingerprint density at radius 1 is 1.40 bits per heavy atom. The van der Waals surface area contributed by atoms with E-state index in [0.717, 1.165) is 57.5 Å². The highest BCUT2D eigenvalue weighted by molar-refractivity contribution is 5.79. The van der Waals surface area contributed by atoms with Gasteiger partial charge in [-0.15, -0.1) is 0 Å². The number of hydrogen-bond donors (Lipinski definition) is 2. The Labute approximate surface area is 120 Å². The second-order valence-corrected chi connectivity index (χ2v) is 4.67. The summed E-state index contributed by atoms with van der Waals surface area (Å²) in [6.45, 7) is 6.34. The summed E-state index contributed by atoms with van der Waals surface area (Å²) in [4.78, 5) is 10.7. The van der Waals surface area contributed by atoms with E-state index >= 15 is 0 Å². The van der Waals surface area contributed by atoms with Crippen LogP contribution in [0.1, 0.15) is 5.56 Å². The molecule has 20 heavy (non-hydrogen) atoms. The zero-order valence-corrected chi connectivity index (χ0v) is 12.0. The first-order valence-corrected chi connectivity index (χ1v) is 7.02. The molecule has 1 aromatic heterocycles. The van der Waals surface area contributed by atoms with Crippen molar-refractivity contribution in [3.05, 3.63) is 30.1 Å². The molecule has 0 aliphatic carbocycles. The van der Waals surface area contributed by atoms with Gasteiger partial charge in [-0.2, -0.15) is 0 Å². The number of morpholine rings is 1. The van der Waals surface area contributed by atoms with Crippen LogP contribution in [0.25, 0.3) is 0 Å². The molecule has 0 bridgehead atoms. The minimum Gasteiger partial charge on any atom is -0.379 e. The number of rotatable bonds is 5. The zero-order valence-electron chi connectivity index (χ0n) is 12.0. The number of aromatic nitrogens is 1. The summed E-state index contributed by atoms with van der Waals surface area (Å²) in [5.74, 6) is 0.821. The van der Waals surface area contributed by atoms with Crippen LogP contribution in [-0.2, 0) is 11.3 Å². The SMILES string of the molecule is CN=C(NCCN1CCOCC1)NCc1cccnc1. The molecule has 1 fully saturated rings. The predicted octanol–water partition coefficient (Wildman–Crippen LogP) is 0.0788. The summed E-state index contributed by atoms with van der Waals surface area (Å²) >= 11 is 0. The quantitative estimate of drug-likeness (QED) is 0.589. The molecule has 0 atom stereocenters. The lowest BCUT2D eigenvalue weighted by molar-refractivity contribution is 0.0389. The molecule has 2 heterocycles. The summed E-state index contributed by atoms with van der Waals surface area (Å²) in [5.41, 5.74) is 1.14. The van der Waals surface area contributed by atoms with Crippen LogP contribution in [0.4, 0.5) is 0 Å². The Bertz CT molecular complexity index is 403. The number of nitrogens with one attached hydrogen (secondary N) is 2. The van der Waals surface area contributed by atoms with Crippen LogP contribution in [0, 0.1) is 0 Å². The van der Waals surface area contributed by atoms with Gasteiger partial charge in [0.15, 0.2) is 5.96 Å². The maximum absolute atomic E-state index is 5.33. The average Bonchev–Trinajstić information content (AvgIpc) is 2.52. The summed E-state index contributed by atoms with van der Waals surface area (Å²) in [6, 6.07) is 3.98. The molecule has 6 heteroatoms. The van der Waals surface area contributed by atoms with E-state index in [9.17, 15) is 0 Å². The maximum atomic E-state index is 5.33. The molecule has 110 valence electrons. The predicted molar refractivity (Wildman–Crippen MR) is 79.7 cm³/mol. The van der Waals surface area contributed by atoms with E-state index in [1.54, 1.807) is 13.2 Å². The van der Waals surface area contributed by atoms with Gasteiger partial charge in [-0.3, -0.25) is 14.9 Å². The van der Waals surface area contributed by atoms with E-state index in [-0.39, 0.29) is 0 Å². The molecular weight excluding hydrogens is 254 g/mol. The first kappa shape index (κ1) is 14.7. The molecule has 0 radical (unpaired) electrons. The summed E-state index contributed by atoms with van der Waals surface area (Å²) in [6.07, 6.45) is 3.63. The molecule has 0 amide bonds. The Kier molecular flexibility index (Phi) is 6.26. The molecule has 1 saturated heterocycles. The number of hydrogen-bond acceptors (Lipinski definition) is 4. The third-order valence-electron chi connectivity index (χ3n) is 3.23. The summed E-state index contributed by atoms with van der Waals surface area (Å²) < 4.78 is 5.33. The van der Waals surface area contributed by atoms with Gasteiger partial charge in [0.2, 0.25) is 0 Å². The Hall–Kier alpha value is -1.66. The van der Waals surface area contributed by atoms with Crippen LogP contribution in [0.3, 0.4) is 0 Å². The van der Waals surface area contributed by atoms with Crippen molar-refractivity contribution in [2.24, 2.45) is 4.99 Å². The molecule has 2 N–H and O–H groups in total. The minimum absolute atomic E-state index is 0.727. The number of ether oxygens (including phenoxy) is 1. The normalized spacial score (nSPS) is 16.9. The van der Waals surface area contributed by atoms with Gasteiger partial charge in [0.05, 0.1) is 13.2 Å². The lowest BCUT2D eigenvalue weighted by Gasteiger charge is -2.26. The smallest absolute Gasteiger partial charge is 0.191 e. The second-order valence-electron chi connectivity index (χ2n) is 4.67. The maximum Gasteiger partial charge on any atom is 0.191 e. The standard InChI is InChI=1S/C14H23N5O/c1-15-14(18-12-13-3-2-4-16-11-13)17-5-6-19-7-9-20-10-8-19/h2-4,11H,5-10,12H2,1H3,(H2,15,17,18). The molecule has 0 unspecified atom stereocenters. The fourth-order valence-electron chi connectivity index (χ4n) is 2.07. The number of aliphatic imine (C=N–C) groups is 1. The third-order valence-corrected chi connectivity index (χ3v) is 3.23. The van der Waals surface area contributed by atoms with Gasteiger partial charge in [-0.05, 0) is 11.6 Å². The van der Waals surface area contributed by atoms with Gasteiger partial charge in [0, 0.05) is 52.2 Å². The molecule has 6 nitrogen and oxygen atoms in total. The van der Waals surface area contributed by atoms with Crippen molar-refractivity contribution in [1.82, 2.24) is 20.5 Å². The molecule has 2 rings (SSSR count). The Morgan fingerprint density at radius 3 is 2.95 bits per heavy atom. The molecule has 0 saturated carbocycles. The fraction of sp³-hybridized carbons (Fsp3) is 0.571. The van der Waals surface area contributed by atoms with Crippen molar-refractivity contribution in [1.29, 1.82) is 0 Å². The number of guanidine groups is 1. The van der Waals surface area contributed by atoms with Gasteiger partial charge < -0.3 is 15.4 Å². The van der Waals surface area contributed by atoms with E-state index in [1.165, 1.54) is 0 Å². The zero-order chi connectivity index (χ0) is 14.0. The molecule has 0 aromatic carbocycles. The van der Waals surface area contributed by atoms with Gasteiger partial charge in [0.25, 0.3) is 0 Å². The van der Waals surface area contributed by atoms with Crippen LogP contribution < -0.4 is 10.6 Å². The molecule has 1 aliphatic rings. The van der Waals surface area contributed by atoms with Gasteiger partial charge in [-0.25, -0.2) is 0 Å². The van der Waals surface area contributed by atoms with Crippen molar-refractivity contribution in [2.75, 3.05) is 46.4 Å². The fourth-order valence-corrected chi connectivity index (χ4v) is 2.07. The highest BCUT2D eigenvalue weighted by atomic mass is 16.5. The minimum atomic E-state index is 0.727. The van der Waals surface area contributed by atoms with Crippen molar-refractivity contribution in [2.45, 2.75) is 6.54 Å². The first-order chi connectivity index (χ1) is 9.88. The Morgan fingerprint density at radius 2 is 2.25 bits per heavy atom. The van der Waals surface area contributed by atoms with Gasteiger partial charge in [0.1, 0.15) is 0 Å². The van der Waals surface area contributed by atoms with Crippen molar-refractivity contribution in [3.8, 4) is 0 Å². The van der Waals surface area contributed by atoms with Crippen molar-refractivity contribution in [3.63, 3.8) is 0 Å². The van der Waals surface area contributed by atoms with E-state index in [2.05, 4.69) is 25.5 Å². The number of pyridine rings is 1. The Balaban J connectivity index is 1.65. The van der Waals surface area contributed by atoms with Crippen molar-refractivity contribution < 1.29 is 4.74 Å². The van der Waals surface area contributed by atoms with E-state index in [1.807, 2.05) is 18.3 Å². The van der Waals surface area contributed by atoms with Crippen LogP contribution >= 0.6 is 0 Å². The highest BCUT2D eigenvalue weighted by Gasteiger charge is 2.09. The molecular formula is C14H23N5O. The average molecular weight is 277 g/mol. The van der Waals surface area contributed by atoms with E-state index in [4.69, 9.17) is 4.74 Å². The lowest BCUT2D eigenvalue weighted by Crippen LogP contribution is -2.44. The summed E-state index contributed by atoms with van der Waals surface area (Å²) in [7, 11) is 1.79. The van der Waals surface area contributed by atoms with Crippen LogP contribution in [0.15, 0.2) is 29.5 Å². The van der Waals surface area contributed by atoms with Gasteiger partial charge >= 0.3 is 0 Å². The van der Waals surface area contributed by atoms with Gasteiger partial charge in [-0.1, -0.05) is 6.07 Å².